The first-order valence-corrected chi connectivity index (χ1v) is 12.6. The molecule has 2 rings (SSSR count). The molecule has 0 saturated carbocycles. The summed E-state index contributed by atoms with van der Waals surface area (Å²) < 4.78 is 25.3. The smallest absolute Gasteiger partial charge is 0.226 e. The predicted octanol–water partition coefficient (Wildman–Crippen LogP) is 3.42. The molecule has 0 aromatic heterocycles. The Balaban J connectivity index is 2.34. The third kappa shape index (κ3) is 5.92. The van der Waals surface area contributed by atoms with Crippen LogP contribution in [0, 0.1) is 29.0 Å². The Bertz CT molecular complexity index is 932. The lowest BCUT2D eigenvalue weighted by atomic mass is 9.89. The Morgan fingerprint density at radius 1 is 1.30 bits per heavy atom. The van der Waals surface area contributed by atoms with E-state index in [1.54, 1.807) is 25.8 Å². The molecular formula is C24H33FN2O5S. The van der Waals surface area contributed by atoms with Crippen LogP contribution in [0.25, 0.3) is 0 Å². The maximum absolute atomic E-state index is 14.0. The van der Waals surface area contributed by atoms with E-state index in [1.807, 2.05) is 19.9 Å². The first kappa shape index (κ1) is 26.8. The fraction of sp³-hybridized carbons (Fsp3) is 0.583. The predicted molar refractivity (Wildman–Crippen MR) is 126 cm³/mol. The van der Waals surface area contributed by atoms with Gasteiger partial charge >= 0.3 is 0 Å². The van der Waals surface area contributed by atoms with Crippen molar-refractivity contribution in [3.05, 3.63) is 29.6 Å². The van der Waals surface area contributed by atoms with Crippen molar-refractivity contribution in [3.8, 4) is 11.8 Å². The van der Waals surface area contributed by atoms with Gasteiger partial charge in [-0.15, -0.1) is 0 Å². The Labute approximate surface area is 197 Å². The summed E-state index contributed by atoms with van der Waals surface area (Å²) in [6.07, 6.45) is -0.595. The molecule has 1 saturated heterocycles. The Morgan fingerprint density at radius 2 is 1.97 bits per heavy atom. The van der Waals surface area contributed by atoms with Crippen molar-refractivity contribution in [1.82, 2.24) is 4.90 Å². The maximum Gasteiger partial charge on any atom is 0.226 e. The molecule has 0 radical (unpaired) electrons. The summed E-state index contributed by atoms with van der Waals surface area (Å²) in [6, 6.07) is 5.98. The fourth-order valence-electron chi connectivity index (χ4n) is 3.95. The van der Waals surface area contributed by atoms with Crippen LogP contribution in [0.1, 0.15) is 45.8 Å². The number of nitriles is 1. The summed E-state index contributed by atoms with van der Waals surface area (Å²) in [5.41, 5.74) is 0.428. The number of ether oxygens (including phenoxy) is 2. The third-order valence-electron chi connectivity index (χ3n) is 6.18. The average molecular weight is 481 g/mol. The molecule has 0 spiro atoms. The highest BCUT2D eigenvalue weighted by molar-refractivity contribution is 8.31. The number of nitrogens with zero attached hydrogens (tertiary/aromatic N) is 2. The van der Waals surface area contributed by atoms with Gasteiger partial charge in [0.15, 0.2) is 10.9 Å². The second-order valence-electron chi connectivity index (χ2n) is 8.53. The minimum Gasteiger partial charge on any atom is -0.496 e. The summed E-state index contributed by atoms with van der Waals surface area (Å²) in [6.45, 7) is 7.17. The molecule has 33 heavy (non-hydrogen) atoms. The zero-order chi connectivity index (χ0) is 24.9. The molecule has 1 aliphatic rings. The second kappa shape index (κ2) is 11.6. The van der Waals surface area contributed by atoms with E-state index in [4.69, 9.17) is 14.7 Å². The SMILES string of the molecule is COc1ccc(F)cc1C(C[SH]1C(=O)C([C@@H](C)C(=O)N(C)C(C)C)C(=O)C1C)OCCC#N. The van der Waals surface area contributed by atoms with Crippen LogP contribution in [0.15, 0.2) is 18.2 Å². The third-order valence-corrected chi connectivity index (χ3v) is 8.94. The summed E-state index contributed by atoms with van der Waals surface area (Å²) in [5.74, 6) is -2.12. The van der Waals surface area contributed by atoms with Crippen molar-refractivity contribution < 1.29 is 28.2 Å². The molecule has 0 bridgehead atoms. The van der Waals surface area contributed by atoms with Crippen LogP contribution in [-0.2, 0) is 19.1 Å². The van der Waals surface area contributed by atoms with Crippen molar-refractivity contribution >= 4 is 27.7 Å². The number of rotatable bonds is 10. The summed E-state index contributed by atoms with van der Waals surface area (Å²) in [5, 5.41) is 8.11. The number of carbonyl (C=O) groups is 3. The number of halogens is 1. The van der Waals surface area contributed by atoms with E-state index in [2.05, 4.69) is 0 Å². The van der Waals surface area contributed by atoms with Crippen molar-refractivity contribution in [3.63, 3.8) is 0 Å². The molecule has 1 amide bonds. The van der Waals surface area contributed by atoms with E-state index in [-0.39, 0.29) is 41.6 Å². The van der Waals surface area contributed by atoms with Crippen LogP contribution in [-0.4, -0.2) is 59.5 Å². The molecule has 7 nitrogen and oxygen atoms in total. The van der Waals surface area contributed by atoms with Crippen LogP contribution in [0.2, 0.25) is 0 Å². The lowest BCUT2D eigenvalue weighted by molar-refractivity contribution is -0.142. The summed E-state index contributed by atoms with van der Waals surface area (Å²) >= 11 is 0. The van der Waals surface area contributed by atoms with E-state index in [9.17, 15) is 18.8 Å². The minimum atomic E-state index is -1.49. The van der Waals surface area contributed by atoms with E-state index >= 15 is 0 Å². The number of amides is 1. The number of benzene rings is 1. The van der Waals surface area contributed by atoms with Gasteiger partial charge < -0.3 is 14.4 Å². The van der Waals surface area contributed by atoms with Gasteiger partial charge in [0.05, 0.1) is 44.1 Å². The van der Waals surface area contributed by atoms with Crippen LogP contribution in [0.5, 0.6) is 5.75 Å². The Hall–Kier alpha value is -2.44. The molecule has 9 heteroatoms. The molecule has 0 N–H and O–H groups in total. The van der Waals surface area contributed by atoms with Gasteiger partial charge in [-0.2, -0.15) is 16.2 Å². The lowest BCUT2D eigenvalue weighted by Gasteiger charge is -2.28. The second-order valence-corrected chi connectivity index (χ2v) is 11.1. The number of carbonyl (C=O) groups excluding carboxylic acids is 3. The zero-order valence-electron chi connectivity index (χ0n) is 20.0. The number of hydrogen-bond acceptors (Lipinski definition) is 6. The highest BCUT2D eigenvalue weighted by Gasteiger charge is 2.50. The molecule has 5 atom stereocenters. The lowest BCUT2D eigenvalue weighted by Crippen LogP contribution is -2.42. The van der Waals surface area contributed by atoms with Gasteiger partial charge in [0.1, 0.15) is 11.6 Å². The quantitative estimate of drug-likeness (QED) is 0.313. The Morgan fingerprint density at radius 3 is 2.55 bits per heavy atom. The normalized spacial score (nSPS) is 23.3. The van der Waals surface area contributed by atoms with Gasteiger partial charge in [0.25, 0.3) is 0 Å². The van der Waals surface area contributed by atoms with E-state index in [1.165, 1.54) is 25.3 Å². The maximum atomic E-state index is 14.0. The number of Topliss-reactive ketones (excluding diaryl/α,β-unsaturated/α-hetero) is 1. The van der Waals surface area contributed by atoms with Gasteiger partial charge in [-0.1, -0.05) is 6.92 Å². The first-order valence-electron chi connectivity index (χ1n) is 11.0. The van der Waals surface area contributed by atoms with Gasteiger partial charge in [0, 0.05) is 29.7 Å². The molecule has 1 aliphatic heterocycles. The number of methoxy groups -OCH3 is 1. The van der Waals surface area contributed by atoms with E-state index < -0.39 is 39.9 Å². The number of hydrogen-bond donors (Lipinski definition) is 1. The molecule has 1 heterocycles. The number of thiol groups is 1. The van der Waals surface area contributed by atoms with Gasteiger partial charge in [-0.25, -0.2) is 4.39 Å². The fourth-order valence-corrected chi connectivity index (χ4v) is 6.67. The molecule has 1 aromatic rings. The van der Waals surface area contributed by atoms with Gasteiger partial charge in [-0.3, -0.25) is 14.4 Å². The van der Waals surface area contributed by atoms with Crippen molar-refractivity contribution in [2.24, 2.45) is 11.8 Å². The molecule has 0 aliphatic carbocycles. The summed E-state index contributed by atoms with van der Waals surface area (Å²) in [4.78, 5) is 40.9. The highest BCUT2D eigenvalue weighted by Crippen LogP contribution is 2.49. The van der Waals surface area contributed by atoms with Crippen LogP contribution in [0.3, 0.4) is 0 Å². The van der Waals surface area contributed by atoms with Crippen LogP contribution >= 0.6 is 10.9 Å². The molecular weight excluding hydrogens is 447 g/mol. The highest BCUT2D eigenvalue weighted by atomic mass is 32.2. The zero-order valence-corrected chi connectivity index (χ0v) is 20.9. The van der Waals surface area contributed by atoms with Gasteiger partial charge in [-0.05, 0) is 39.0 Å². The minimum absolute atomic E-state index is 0.0520. The van der Waals surface area contributed by atoms with E-state index in [0.29, 0.717) is 11.3 Å². The van der Waals surface area contributed by atoms with Crippen molar-refractivity contribution in [1.29, 1.82) is 5.26 Å². The van der Waals surface area contributed by atoms with Crippen LogP contribution in [0.4, 0.5) is 4.39 Å². The monoisotopic (exact) mass is 480 g/mol. The molecule has 182 valence electrons. The molecule has 1 aromatic carbocycles. The van der Waals surface area contributed by atoms with Gasteiger partial charge in [0.2, 0.25) is 5.91 Å². The standard InChI is InChI=1S/C24H33FN2O5S/c1-14(2)27(5)23(29)15(3)21-22(28)16(4)33(24(21)30)13-20(32-11-7-10-26)18-12-17(25)8-9-19(18)31-6/h8-9,12,14-16,20-21,33H,7,11,13H2,1-6H3/t15-,16?,20?,21?/m1/s1. The molecule has 1 fully saturated rings. The summed E-state index contributed by atoms with van der Waals surface area (Å²) in [7, 11) is 1.62. The van der Waals surface area contributed by atoms with E-state index in [0.717, 1.165) is 0 Å². The van der Waals surface area contributed by atoms with Crippen molar-refractivity contribution in [2.75, 3.05) is 26.5 Å². The Kier molecular flexibility index (Phi) is 9.44. The largest absolute Gasteiger partial charge is 0.496 e. The van der Waals surface area contributed by atoms with Crippen molar-refractivity contribution in [2.45, 2.75) is 51.5 Å². The number of ketones is 1. The first-order chi connectivity index (χ1) is 15.5. The average Bonchev–Trinajstić information content (AvgIpc) is 2.99. The topological polar surface area (TPSA) is 96.7 Å². The van der Waals surface area contributed by atoms with Crippen LogP contribution < -0.4 is 4.74 Å². The molecule has 4 unspecified atom stereocenters.